The number of aromatic nitrogens is 2. The van der Waals surface area contributed by atoms with Crippen LogP contribution in [0.25, 0.3) is 0 Å². The van der Waals surface area contributed by atoms with E-state index in [1.54, 1.807) is 14.0 Å². The van der Waals surface area contributed by atoms with E-state index in [0.29, 0.717) is 36.5 Å². The maximum Gasteiger partial charge on any atom is 0.276 e. The molecule has 1 fully saturated rings. The molecule has 11 heteroatoms. The summed E-state index contributed by atoms with van der Waals surface area (Å²) in [4.78, 5) is 25.6. The molecule has 1 aliphatic carbocycles. The van der Waals surface area contributed by atoms with E-state index in [1.807, 2.05) is 0 Å². The molecule has 2 aliphatic rings. The number of hydrogen-bond acceptors (Lipinski definition) is 7. The van der Waals surface area contributed by atoms with Crippen molar-refractivity contribution in [3.05, 3.63) is 47.2 Å². The summed E-state index contributed by atoms with van der Waals surface area (Å²) in [5.74, 6) is 3.26. The van der Waals surface area contributed by atoms with Crippen LogP contribution in [0.4, 0.5) is 10.1 Å². The fourth-order valence-corrected chi connectivity index (χ4v) is 6.65. The van der Waals surface area contributed by atoms with Crippen molar-refractivity contribution in [1.82, 2.24) is 14.3 Å². The number of rotatable bonds is 4. The van der Waals surface area contributed by atoms with Crippen LogP contribution in [0.5, 0.6) is 5.88 Å². The summed E-state index contributed by atoms with van der Waals surface area (Å²) < 4.78 is 34.9. The summed E-state index contributed by atoms with van der Waals surface area (Å²) in [5.41, 5.74) is 6.06. The van der Waals surface area contributed by atoms with Crippen LogP contribution in [0.1, 0.15) is 41.0 Å². The second kappa shape index (κ2) is 7.73. The Hall–Kier alpha value is -3.21. The highest BCUT2D eigenvalue weighted by atomic mass is 32.2. The summed E-state index contributed by atoms with van der Waals surface area (Å²) in [5, 5.41) is 2.24. The Morgan fingerprint density at radius 2 is 2.22 bits per heavy atom. The second-order valence-electron chi connectivity index (χ2n) is 7.96. The molecule has 0 bridgehead atoms. The monoisotopic (exact) mass is 460 g/mol. The van der Waals surface area contributed by atoms with E-state index in [9.17, 15) is 9.00 Å². The topological polar surface area (TPSA) is 123 Å². The lowest BCUT2D eigenvalue weighted by Crippen LogP contribution is -2.55. The van der Waals surface area contributed by atoms with Gasteiger partial charge in [-0.15, -0.1) is 0 Å². The third-order valence-corrected chi connectivity index (χ3v) is 8.77. The molecule has 3 N–H and O–H groups in total. The molecular weight excluding hydrogens is 435 g/mol. The molecule has 1 aliphatic heterocycles. The van der Waals surface area contributed by atoms with Crippen molar-refractivity contribution >= 4 is 33.1 Å². The molecule has 2 heterocycles. The lowest BCUT2D eigenvalue weighted by Gasteiger charge is -2.42. The Bertz CT molecular complexity index is 1230. The molecule has 0 radical (unpaired) electrons. The first-order valence-corrected chi connectivity index (χ1v) is 11.8. The van der Waals surface area contributed by atoms with Crippen LogP contribution in [-0.2, 0) is 15.2 Å². The van der Waals surface area contributed by atoms with Gasteiger partial charge in [-0.1, -0.05) is 0 Å². The van der Waals surface area contributed by atoms with Crippen LogP contribution in [0, 0.1) is 12.7 Å². The molecule has 1 aromatic heterocycles. The maximum absolute atomic E-state index is 15.1. The summed E-state index contributed by atoms with van der Waals surface area (Å²) >= 11 is 0. The summed E-state index contributed by atoms with van der Waals surface area (Å²) in [6, 6.07) is 4.24. The summed E-state index contributed by atoms with van der Waals surface area (Å²) in [6.45, 7) is 1.64. The highest BCUT2D eigenvalue weighted by molar-refractivity contribution is 7.99. The van der Waals surface area contributed by atoms with Gasteiger partial charge in [0.05, 0.1) is 34.0 Å². The van der Waals surface area contributed by atoms with Gasteiger partial charge >= 0.3 is 0 Å². The molecule has 1 amide bonds. The van der Waals surface area contributed by atoms with Crippen LogP contribution in [0.15, 0.2) is 29.4 Å². The second-order valence-corrected chi connectivity index (χ2v) is 10.5. The minimum atomic E-state index is -2.81. The molecular formula is C21H25FN6O3S. The van der Waals surface area contributed by atoms with Crippen molar-refractivity contribution in [1.29, 1.82) is 0 Å². The molecule has 2 aromatic rings. The van der Waals surface area contributed by atoms with Gasteiger partial charge in [0.25, 0.3) is 5.91 Å². The van der Waals surface area contributed by atoms with Crippen molar-refractivity contribution in [2.45, 2.75) is 37.0 Å². The highest BCUT2D eigenvalue weighted by Gasteiger charge is 2.54. The minimum absolute atomic E-state index is 0.0566. The first-order valence-electron chi connectivity index (χ1n) is 10.0. The van der Waals surface area contributed by atoms with Crippen LogP contribution < -0.4 is 15.8 Å². The van der Waals surface area contributed by atoms with Gasteiger partial charge in [-0.2, -0.15) is 0 Å². The number of benzene rings is 1. The number of hydrogen-bond donors (Lipinski definition) is 2. The molecule has 1 aromatic carbocycles. The Labute approximate surface area is 186 Å². The molecule has 0 saturated heterocycles. The predicted molar refractivity (Wildman–Crippen MR) is 122 cm³/mol. The number of nitrogens with zero attached hydrogens (tertiary/aromatic N) is 4. The highest BCUT2D eigenvalue weighted by Crippen LogP contribution is 2.49. The number of aryl methyl sites for hydroxylation is 1. The van der Waals surface area contributed by atoms with Crippen LogP contribution in [0.3, 0.4) is 0 Å². The molecule has 4 rings (SSSR count). The van der Waals surface area contributed by atoms with Gasteiger partial charge in [0.1, 0.15) is 17.1 Å². The Morgan fingerprint density at radius 3 is 2.91 bits per heavy atom. The molecule has 32 heavy (non-hydrogen) atoms. The molecule has 9 nitrogen and oxygen atoms in total. The van der Waals surface area contributed by atoms with Gasteiger partial charge in [-0.05, 0) is 50.3 Å². The third-order valence-electron chi connectivity index (χ3n) is 6.14. The zero-order valence-corrected chi connectivity index (χ0v) is 18.9. The first-order chi connectivity index (χ1) is 15.1. The number of fused-ring (bicyclic) bond motifs is 1. The van der Waals surface area contributed by atoms with E-state index >= 15 is 4.39 Å². The molecule has 1 saturated carbocycles. The number of halogens is 1. The number of nitrogens with one attached hydrogen (secondary N) is 1. The van der Waals surface area contributed by atoms with E-state index in [2.05, 4.69) is 26.1 Å². The number of anilines is 1. The standard InChI is InChI=1S/C21H25FN6O3S/c1-12-18(24-11-17(25-12)31-3)19(29)26-13-7-8-15(22)14(10-13)21-9-5-6-16(21)32(4,30)28(2)20(23)27-21/h7-8,10-11,16H,4-6,9H2,1-3H3,(H2,23,27)(H,26,29)/t16?,21-,32?/m1/s1. The van der Waals surface area contributed by atoms with Gasteiger partial charge < -0.3 is 15.8 Å². The average molecular weight is 461 g/mol. The maximum atomic E-state index is 15.1. The molecule has 0 spiro atoms. The largest absolute Gasteiger partial charge is 0.480 e. The van der Waals surface area contributed by atoms with Crippen LogP contribution in [-0.4, -0.2) is 55.6 Å². The van der Waals surface area contributed by atoms with E-state index < -0.39 is 32.2 Å². The van der Waals surface area contributed by atoms with Gasteiger partial charge in [-0.25, -0.2) is 23.6 Å². The predicted octanol–water partition coefficient (Wildman–Crippen LogP) is 1.82. The summed E-state index contributed by atoms with van der Waals surface area (Å²) in [6.07, 6.45) is 3.12. The fourth-order valence-electron chi connectivity index (χ4n) is 4.47. The SMILES string of the molecule is C=S1(=O)C2CCC[C@]2(c2cc(NC(=O)c3ncc(OC)nc3C)ccc2F)N=C(N)N1C. The van der Waals surface area contributed by atoms with Gasteiger partial charge in [0, 0.05) is 18.3 Å². The smallest absolute Gasteiger partial charge is 0.276 e. The van der Waals surface area contributed by atoms with Crippen molar-refractivity contribution in [2.24, 2.45) is 10.7 Å². The number of amides is 1. The third kappa shape index (κ3) is 3.36. The molecule has 3 atom stereocenters. The molecule has 170 valence electrons. The number of guanidine groups is 1. The molecule has 2 unspecified atom stereocenters. The normalized spacial score (nSPS) is 26.9. The minimum Gasteiger partial charge on any atom is -0.480 e. The van der Waals surface area contributed by atoms with Gasteiger partial charge in [-0.3, -0.25) is 9.10 Å². The van der Waals surface area contributed by atoms with Crippen molar-refractivity contribution in [3.63, 3.8) is 0 Å². The quantitative estimate of drug-likeness (QED) is 0.671. The number of carbonyl (C=O) groups is 1. The van der Waals surface area contributed by atoms with E-state index in [0.717, 1.165) is 0 Å². The van der Waals surface area contributed by atoms with Crippen molar-refractivity contribution < 1.29 is 18.1 Å². The number of ether oxygens (including phenoxy) is 1. The van der Waals surface area contributed by atoms with Crippen LogP contribution in [0.2, 0.25) is 0 Å². The average Bonchev–Trinajstić information content (AvgIpc) is 3.19. The summed E-state index contributed by atoms with van der Waals surface area (Å²) in [7, 11) is 0.235. The lowest BCUT2D eigenvalue weighted by molar-refractivity contribution is 0.102. The van der Waals surface area contributed by atoms with Gasteiger partial charge in [0.15, 0.2) is 0 Å². The van der Waals surface area contributed by atoms with Crippen molar-refractivity contribution in [2.75, 3.05) is 19.5 Å². The number of carbonyl (C=O) groups excluding carboxylic acids is 1. The first kappa shape index (κ1) is 22.0. The Balaban J connectivity index is 1.73. The van der Waals surface area contributed by atoms with E-state index in [1.165, 1.54) is 35.8 Å². The number of methoxy groups -OCH3 is 1. The van der Waals surface area contributed by atoms with Crippen molar-refractivity contribution in [3.8, 4) is 5.88 Å². The van der Waals surface area contributed by atoms with Gasteiger partial charge in [0.2, 0.25) is 11.8 Å². The van der Waals surface area contributed by atoms with Crippen LogP contribution >= 0.6 is 0 Å². The number of nitrogens with two attached hydrogens (primary N) is 1. The zero-order chi connectivity index (χ0) is 23.3. The Kier molecular flexibility index (Phi) is 5.32. The Morgan fingerprint density at radius 1 is 1.47 bits per heavy atom. The fraction of sp³-hybridized carbons (Fsp3) is 0.381. The zero-order valence-electron chi connectivity index (χ0n) is 18.1. The van der Waals surface area contributed by atoms with E-state index in [4.69, 9.17) is 10.5 Å². The number of aliphatic imine (C=N–C) groups is 1. The lowest BCUT2D eigenvalue weighted by atomic mass is 9.87. The van der Waals surface area contributed by atoms with E-state index in [-0.39, 0.29) is 17.2 Å².